The Morgan fingerprint density at radius 3 is 2.40 bits per heavy atom. The summed E-state index contributed by atoms with van der Waals surface area (Å²) in [5.74, 6) is -0.278. The van der Waals surface area contributed by atoms with E-state index in [2.05, 4.69) is 31.4 Å². The smallest absolute Gasteiger partial charge is 0.269 e. The van der Waals surface area contributed by atoms with Gasteiger partial charge in [0, 0.05) is 29.7 Å². The molecule has 0 bridgehead atoms. The number of hydrogen-bond acceptors (Lipinski definition) is 4. The maximum absolute atomic E-state index is 12.6. The molecule has 2 aromatic carbocycles. The van der Waals surface area contributed by atoms with Gasteiger partial charge in [-0.2, -0.15) is 9.40 Å². The van der Waals surface area contributed by atoms with Crippen LogP contribution >= 0.6 is 15.9 Å². The normalized spacial score (nSPS) is 14.7. The van der Waals surface area contributed by atoms with Crippen molar-refractivity contribution in [1.82, 2.24) is 19.8 Å². The van der Waals surface area contributed by atoms with Crippen LogP contribution in [0.15, 0.2) is 64.0 Å². The minimum Gasteiger partial charge on any atom is -0.347 e. The maximum atomic E-state index is 12.6. The average Bonchev–Trinajstić information content (AvgIpc) is 3.45. The predicted octanol–water partition coefficient (Wildman–Crippen LogP) is 3.55. The second-order valence-corrected chi connectivity index (χ2v) is 9.97. The van der Waals surface area contributed by atoms with E-state index in [4.69, 9.17) is 0 Å². The van der Waals surface area contributed by atoms with Gasteiger partial charge in [0.2, 0.25) is 10.0 Å². The number of H-pyrrole nitrogens is 1. The van der Waals surface area contributed by atoms with Crippen molar-refractivity contribution in [3.8, 4) is 11.3 Å². The van der Waals surface area contributed by atoms with E-state index >= 15 is 0 Å². The Kier molecular flexibility index (Phi) is 6.03. The molecule has 1 aliphatic rings. The molecule has 0 unspecified atom stereocenters. The van der Waals surface area contributed by atoms with Crippen LogP contribution in [-0.4, -0.2) is 41.9 Å². The molecule has 7 nitrogen and oxygen atoms in total. The van der Waals surface area contributed by atoms with Crippen LogP contribution in [0.4, 0.5) is 0 Å². The molecule has 1 saturated heterocycles. The fourth-order valence-corrected chi connectivity index (χ4v) is 5.12. The molecular weight excluding hydrogens is 468 g/mol. The van der Waals surface area contributed by atoms with Gasteiger partial charge in [0.1, 0.15) is 5.69 Å². The first kappa shape index (κ1) is 20.8. The summed E-state index contributed by atoms with van der Waals surface area (Å²) in [6.45, 7) is 1.44. The molecule has 1 amide bonds. The third kappa shape index (κ3) is 4.48. The van der Waals surface area contributed by atoms with E-state index in [0.29, 0.717) is 24.5 Å². The molecule has 0 radical (unpaired) electrons. The highest BCUT2D eigenvalue weighted by Crippen LogP contribution is 2.22. The lowest BCUT2D eigenvalue weighted by atomic mass is 10.1. The molecule has 2 heterocycles. The third-order valence-corrected chi connectivity index (χ3v) is 7.48. The number of carbonyl (C=O) groups excluding carboxylic acids is 1. The number of halogens is 1. The van der Waals surface area contributed by atoms with Gasteiger partial charge in [-0.05, 0) is 48.7 Å². The van der Waals surface area contributed by atoms with Crippen LogP contribution in [0.1, 0.15) is 28.9 Å². The number of aromatic nitrogens is 2. The Morgan fingerprint density at radius 1 is 1.07 bits per heavy atom. The van der Waals surface area contributed by atoms with Crippen molar-refractivity contribution in [1.29, 1.82) is 0 Å². The van der Waals surface area contributed by atoms with Gasteiger partial charge in [-0.25, -0.2) is 8.42 Å². The zero-order valence-electron chi connectivity index (χ0n) is 16.1. The highest BCUT2D eigenvalue weighted by Gasteiger charge is 2.26. The summed E-state index contributed by atoms with van der Waals surface area (Å²) in [6.07, 6.45) is 1.81. The van der Waals surface area contributed by atoms with Crippen LogP contribution in [0.25, 0.3) is 11.3 Å². The van der Waals surface area contributed by atoms with E-state index < -0.39 is 10.0 Å². The summed E-state index contributed by atoms with van der Waals surface area (Å²) < 4.78 is 27.6. The Balaban J connectivity index is 1.38. The molecule has 1 fully saturated rings. The Bertz CT molecular complexity index is 1140. The SMILES string of the molecule is O=C(NCc1ccc(S(=O)(=O)N2CCCC2)cc1)c1cc(-c2ccc(Br)cc2)n[nH]1. The van der Waals surface area contributed by atoms with E-state index in [-0.39, 0.29) is 17.3 Å². The van der Waals surface area contributed by atoms with Gasteiger partial charge in [-0.3, -0.25) is 9.89 Å². The average molecular weight is 489 g/mol. The topological polar surface area (TPSA) is 95.2 Å². The van der Waals surface area contributed by atoms with Gasteiger partial charge in [0.15, 0.2) is 0 Å². The highest BCUT2D eigenvalue weighted by atomic mass is 79.9. The molecule has 9 heteroatoms. The van der Waals surface area contributed by atoms with Gasteiger partial charge >= 0.3 is 0 Å². The molecule has 30 heavy (non-hydrogen) atoms. The summed E-state index contributed by atoms with van der Waals surface area (Å²) in [5, 5.41) is 9.78. The molecule has 2 N–H and O–H groups in total. The van der Waals surface area contributed by atoms with E-state index in [1.807, 2.05) is 24.3 Å². The second kappa shape index (κ2) is 8.71. The number of sulfonamides is 1. The van der Waals surface area contributed by atoms with E-state index in [0.717, 1.165) is 28.4 Å². The standard InChI is InChI=1S/C21H21BrN4O3S/c22-17-7-5-16(6-8-17)19-13-20(25-24-19)21(27)23-14-15-3-9-18(10-4-15)30(28,29)26-11-1-2-12-26/h3-10,13H,1-2,11-12,14H2,(H,23,27)(H,24,25). The van der Waals surface area contributed by atoms with E-state index in [1.54, 1.807) is 30.3 Å². The van der Waals surface area contributed by atoms with Crippen molar-refractivity contribution in [2.45, 2.75) is 24.3 Å². The summed E-state index contributed by atoms with van der Waals surface area (Å²) in [6, 6.07) is 16.0. The van der Waals surface area contributed by atoms with Crippen LogP contribution < -0.4 is 5.32 Å². The van der Waals surface area contributed by atoms with Gasteiger partial charge in [-0.15, -0.1) is 0 Å². The third-order valence-electron chi connectivity index (χ3n) is 5.04. The van der Waals surface area contributed by atoms with Gasteiger partial charge in [0.25, 0.3) is 5.91 Å². The number of hydrogen-bond donors (Lipinski definition) is 2. The van der Waals surface area contributed by atoms with Crippen molar-refractivity contribution < 1.29 is 13.2 Å². The Hall–Kier alpha value is -2.49. The van der Waals surface area contributed by atoms with Crippen LogP contribution in [-0.2, 0) is 16.6 Å². The number of aromatic amines is 1. The zero-order chi connectivity index (χ0) is 21.1. The number of amides is 1. The number of nitrogens with one attached hydrogen (secondary N) is 2. The van der Waals surface area contributed by atoms with Crippen LogP contribution in [0, 0.1) is 0 Å². The van der Waals surface area contributed by atoms with Gasteiger partial charge in [-0.1, -0.05) is 40.2 Å². The van der Waals surface area contributed by atoms with Crippen LogP contribution in [0.2, 0.25) is 0 Å². The first-order valence-corrected chi connectivity index (χ1v) is 11.9. The first-order valence-electron chi connectivity index (χ1n) is 9.62. The first-order chi connectivity index (χ1) is 14.4. The van der Waals surface area contributed by atoms with Crippen molar-refractivity contribution in [2.24, 2.45) is 0 Å². The number of benzene rings is 2. The van der Waals surface area contributed by atoms with E-state index in [9.17, 15) is 13.2 Å². The predicted molar refractivity (Wildman–Crippen MR) is 117 cm³/mol. The number of carbonyl (C=O) groups is 1. The molecule has 1 aliphatic heterocycles. The van der Waals surface area contributed by atoms with Crippen LogP contribution in [0.5, 0.6) is 0 Å². The lowest BCUT2D eigenvalue weighted by Crippen LogP contribution is -2.28. The minimum absolute atomic E-state index is 0.278. The van der Waals surface area contributed by atoms with Crippen molar-refractivity contribution in [3.63, 3.8) is 0 Å². The molecular formula is C21H21BrN4O3S. The summed E-state index contributed by atoms with van der Waals surface area (Å²) in [4.78, 5) is 12.7. The molecule has 4 rings (SSSR count). The zero-order valence-corrected chi connectivity index (χ0v) is 18.5. The quantitative estimate of drug-likeness (QED) is 0.554. The Morgan fingerprint density at radius 2 is 1.73 bits per heavy atom. The highest BCUT2D eigenvalue weighted by molar-refractivity contribution is 9.10. The molecule has 0 saturated carbocycles. The molecule has 0 aliphatic carbocycles. The summed E-state index contributed by atoms with van der Waals surface area (Å²) >= 11 is 3.39. The lowest BCUT2D eigenvalue weighted by Gasteiger charge is -2.15. The largest absolute Gasteiger partial charge is 0.347 e. The molecule has 0 atom stereocenters. The second-order valence-electron chi connectivity index (χ2n) is 7.11. The van der Waals surface area contributed by atoms with Gasteiger partial charge in [0.05, 0.1) is 10.6 Å². The number of rotatable bonds is 6. The van der Waals surface area contributed by atoms with Crippen molar-refractivity contribution in [3.05, 3.63) is 70.3 Å². The fraction of sp³-hybridized carbons (Fsp3) is 0.238. The molecule has 3 aromatic rings. The number of nitrogens with zero attached hydrogens (tertiary/aromatic N) is 2. The van der Waals surface area contributed by atoms with E-state index in [1.165, 1.54) is 4.31 Å². The van der Waals surface area contributed by atoms with Crippen LogP contribution in [0.3, 0.4) is 0 Å². The summed E-state index contributed by atoms with van der Waals surface area (Å²) in [5.41, 5.74) is 2.77. The van der Waals surface area contributed by atoms with Crippen molar-refractivity contribution >= 4 is 31.9 Å². The fourth-order valence-electron chi connectivity index (χ4n) is 3.34. The molecule has 0 spiro atoms. The lowest BCUT2D eigenvalue weighted by molar-refractivity contribution is 0.0946. The Labute approximate surface area is 183 Å². The minimum atomic E-state index is -3.43. The summed E-state index contributed by atoms with van der Waals surface area (Å²) in [7, 11) is -3.43. The molecule has 1 aromatic heterocycles. The monoisotopic (exact) mass is 488 g/mol. The maximum Gasteiger partial charge on any atom is 0.269 e. The molecule has 156 valence electrons. The van der Waals surface area contributed by atoms with Crippen molar-refractivity contribution in [2.75, 3.05) is 13.1 Å². The van der Waals surface area contributed by atoms with Gasteiger partial charge < -0.3 is 5.32 Å².